The normalized spacial score (nSPS) is 11.1. The zero-order valence-electron chi connectivity index (χ0n) is 21.5. The number of carbonyl (C=O) groups excluding carboxylic acids is 2. The minimum Gasteiger partial charge on any atom is -0.465 e. The third-order valence-electron chi connectivity index (χ3n) is 6.10. The third-order valence-corrected chi connectivity index (χ3v) is 6.10. The molecule has 0 atom stereocenters. The van der Waals surface area contributed by atoms with E-state index in [2.05, 4.69) is 23.6 Å². The van der Waals surface area contributed by atoms with Crippen molar-refractivity contribution in [1.29, 1.82) is 0 Å². The predicted octanol–water partition coefficient (Wildman–Crippen LogP) is 4.37. The molecule has 0 aliphatic rings. The molecular formula is C29H42N2O4. The fraction of sp³-hybridized carbons (Fsp3) is 0.517. The van der Waals surface area contributed by atoms with Gasteiger partial charge in [-0.25, -0.2) is 0 Å². The van der Waals surface area contributed by atoms with E-state index in [1.165, 1.54) is 11.1 Å². The molecule has 0 radical (unpaired) electrons. The molecule has 0 aromatic heterocycles. The number of esters is 2. The van der Waals surface area contributed by atoms with E-state index in [4.69, 9.17) is 9.47 Å². The topological polar surface area (TPSA) is 59.1 Å². The lowest BCUT2D eigenvalue weighted by Crippen LogP contribution is -2.32. The van der Waals surface area contributed by atoms with E-state index in [-0.39, 0.29) is 11.9 Å². The van der Waals surface area contributed by atoms with Crippen LogP contribution in [-0.4, -0.2) is 74.2 Å². The van der Waals surface area contributed by atoms with Gasteiger partial charge in [-0.1, -0.05) is 74.5 Å². The summed E-state index contributed by atoms with van der Waals surface area (Å²) >= 11 is 0. The van der Waals surface area contributed by atoms with Gasteiger partial charge in [0.15, 0.2) is 0 Å². The average Bonchev–Trinajstić information content (AvgIpc) is 2.89. The summed E-state index contributed by atoms with van der Waals surface area (Å²) in [6.07, 6.45) is 3.31. The first-order valence-electron chi connectivity index (χ1n) is 12.9. The van der Waals surface area contributed by atoms with Gasteiger partial charge in [-0.2, -0.15) is 0 Å². The van der Waals surface area contributed by atoms with Crippen LogP contribution in [0.5, 0.6) is 0 Å². The Balaban J connectivity index is 1.54. The van der Waals surface area contributed by atoms with Gasteiger partial charge < -0.3 is 19.3 Å². The molecule has 0 heterocycles. The van der Waals surface area contributed by atoms with Crippen molar-refractivity contribution in [2.45, 2.75) is 46.0 Å². The lowest BCUT2D eigenvalue weighted by Gasteiger charge is -2.23. The summed E-state index contributed by atoms with van der Waals surface area (Å²) in [5, 5.41) is 0. The highest BCUT2D eigenvalue weighted by Gasteiger charge is 2.11. The molecule has 2 aromatic rings. The maximum Gasteiger partial charge on any atom is 0.307 e. The number of hydrogen-bond donors (Lipinski definition) is 0. The minimum absolute atomic E-state index is 0.139. The van der Waals surface area contributed by atoms with Crippen molar-refractivity contribution >= 4 is 11.9 Å². The van der Waals surface area contributed by atoms with Gasteiger partial charge in [0.25, 0.3) is 0 Å². The zero-order chi connectivity index (χ0) is 25.1. The Labute approximate surface area is 211 Å². The van der Waals surface area contributed by atoms with Crippen molar-refractivity contribution in [1.82, 2.24) is 9.80 Å². The van der Waals surface area contributed by atoms with Gasteiger partial charge in [-0.3, -0.25) is 9.59 Å². The summed E-state index contributed by atoms with van der Waals surface area (Å²) in [5.41, 5.74) is 2.35. The number of carbonyl (C=O) groups is 2. The molecule has 0 saturated carbocycles. The van der Waals surface area contributed by atoms with Crippen LogP contribution in [0.3, 0.4) is 0 Å². The quantitative estimate of drug-likeness (QED) is 0.294. The summed E-state index contributed by atoms with van der Waals surface area (Å²) < 4.78 is 10.8. The molecule has 0 N–H and O–H groups in total. The first kappa shape index (κ1) is 28.5. The molecule has 0 saturated heterocycles. The third kappa shape index (κ3) is 13.1. The van der Waals surface area contributed by atoms with Gasteiger partial charge in [0, 0.05) is 25.9 Å². The molecule has 35 heavy (non-hydrogen) atoms. The van der Waals surface area contributed by atoms with E-state index in [9.17, 15) is 9.59 Å². The SMILES string of the molecule is CCN(CCCN(CC)CCC(=O)OCCc1ccccc1)CCC(=O)OCCc1ccccc1. The molecule has 0 bridgehead atoms. The summed E-state index contributed by atoms with van der Waals surface area (Å²) in [7, 11) is 0. The zero-order valence-corrected chi connectivity index (χ0v) is 21.5. The molecule has 0 unspecified atom stereocenters. The second-order valence-corrected chi connectivity index (χ2v) is 8.63. The number of nitrogens with zero attached hydrogens (tertiary/aromatic N) is 2. The van der Waals surface area contributed by atoms with Gasteiger partial charge in [0.05, 0.1) is 26.1 Å². The standard InChI is InChI=1S/C29H42N2O4/c1-3-30(22-16-28(32)34-24-18-26-12-7-5-8-13-26)20-11-21-31(4-2)23-17-29(33)35-25-19-27-14-9-6-10-15-27/h5-10,12-15H,3-4,11,16-25H2,1-2H3. The first-order chi connectivity index (χ1) is 17.1. The van der Waals surface area contributed by atoms with Crippen molar-refractivity contribution < 1.29 is 19.1 Å². The molecule has 6 nitrogen and oxygen atoms in total. The maximum absolute atomic E-state index is 12.1. The number of rotatable bonds is 18. The van der Waals surface area contributed by atoms with Crippen LogP contribution in [0.2, 0.25) is 0 Å². The molecule has 2 rings (SSSR count). The number of ether oxygens (including phenoxy) is 2. The van der Waals surface area contributed by atoms with E-state index in [1.807, 2.05) is 60.7 Å². The molecule has 0 aliphatic carbocycles. The largest absolute Gasteiger partial charge is 0.465 e. The van der Waals surface area contributed by atoms with Crippen molar-refractivity contribution in [2.75, 3.05) is 52.5 Å². The second kappa shape index (κ2) is 17.7. The fourth-order valence-electron chi connectivity index (χ4n) is 3.87. The van der Waals surface area contributed by atoms with Crippen LogP contribution < -0.4 is 0 Å². The fourth-order valence-corrected chi connectivity index (χ4v) is 3.87. The molecular weight excluding hydrogens is 440 g/mol. The Morgan fingerprint density at radius 3 is 1.40 bits per heavy atom. The Kier molecular flexibility index (Phi) is 14.4. The lowest BCUT2D eigenvalue weighted by atomic mass is 10.2. The van der Waals surface area contributed by atoms with Crippen LogP contribution in [-0.2, 0) is 31.9 Å². The molecule has 0 amide bonds. The monoisotopic (exact) mass is 482 g/mol. The van der Waals surface area contributed by atoms with Crippen LogP contribution in [0, 0.1) is 0 Å². The molecule has 0 fully saturated rings. The highest BCUT2D eigenvalue weighted by atomic mass is 16.5. The predicted molar refractivity (Wildman–Crippen MR) is 140 cm³/mol. The Hall–Kier alpha value is -2.70. The van der Waals surface area contributed by atoms with Crippen LogP contribution in [0.1, 0.15) is 44.2 Å². The molecule has 6 heteroatoms. The van der Waals surface area contributed by atoms with Gasteiger partial charge >= 0.3 is 11.9 Å². The summed E-state index contributed by atoms with van der Waals surface area (Å²) in [5.74, 6) is -0.277. The average molecular weight is 483 g/mol. The molecule has 2 aromatic carbocycles. The molecule has 192 valence electrons. The van der Waals surface area contributed by atoms with Gasteiger partial charge in [0.1, 0.15) is 0 Å². The summed E-state index contributed by atoms with van der Waals surface area (Å²) in [6.45, 7) is 10.1. The van der Waals surface area contributed by atoms with Crippen LogP contribution in [0.25, 0.3) is 0 Å². The summed E-state index contributed by atoms with van der Waals surface area (Å²) in [6, 6.07) is 20.1. The van der Waals surface area contributed by atoms with E-state index in [0.29, 0.717) is 39.1 Å². The van der Waals surface area contributed by atoms with Crippen LogP contribution in [0.4, 0.5) is 0 Å². The Bertz CT molecular complexity index is 760. The van der Waals surface area contributed by atoms with Crippen LogP contribution in [0.15, 0.2) is 60.7 Å². The van der Waals surface area contributed by atoms with E-state index in [0.717, 1.165) is 45.4 Å². The summed E-state index contributed by atoms with van der Waals surface area (Å²) in [4.78, 5) is 28.7. The number of benzene rings is 2. The first-order valence-corrected chi connectivity index (χ1v) is 12.9. The smallest absolute Gasteiger partial charge is 0.307 e. The maximum atomic E-state index is 12.1. The van der Waals surface area contributed by atoms with E-state index >= 15 is 0 Å². The Morgan fingerprint density at radius 1 is 0.629 bits per heavy atom. The minimum atomic E-state index is -0.139. The highest BCUT2D eigenvalue weighted by Crippen LogP contribution is 2.04. The Morgan fingerprint density at radius 2 is 1.03 bits per heavy atom. The van der Waals surface area contributed by atoms with Crippen molar-refractivity contribution in [3.8, 4) is 0 Å². The van der Waals surface area contributed by atoms with Gasteiger partial charge in [-0.15, -0.1) is 0 Å². The lowest BCUT2D eigenvalue weighted by molar-refractivity contribution is -0.144. The van der Waals surface area contributed by atoms with Crippen molar-refractivity contribution in [3.63, 3.8) is 0 Å². The highest BCUT2D eigenvalue weighted by molar-refractivity contribution is 5.69. The molecule has 0 spiro atoms. The van der Waals surface area contributed by atoms with Crippen LogP contribution >= 0.6 is 0 Å². The van der Waals surface area contributed by atoms with Crippen molar-refractivity contribution in [3.05, 3.63) is 71.8 Å². The van der Waals surface area contributed by atoms with Gasteiger partial charge in [-0.05, 0) is 43.7 Å². The van der Waals surface area contributed by atoms with E-state index in [1.54, 1.807) is 0 Å². The molecule has 0 aliphatic heterocycles. The van der Waals surface area contributed by atoms with Crippen molar-refractivity contribution in [2.24, 2.45) is 0 Å². The second-order valence-electron chi connectivity index (χ2n) is 8.63. The van der Waals surface area contributed by atoms with E-state index < -0.39 is 0 Å². The van der Waals surface area contributed by atoms with Gasteiger partial charge in [0.2, 0.25) is 0 Å². The number of hydrogen-bond acceptors (Lipinski definition) is 6.